The van der Waals surface area contributed by atoms with Gasteiger partial charge < -0.3 is 14.8 Å². The average molecular weight is 317 g/mol. The summed E-state index contributed by atoms with van der Waals surface area (Å²) in [7, 11) is 0. The number of carbonyl (C=O) groups is 2. The van der Waals surface area contributed by atoms with Crippen molar-refractivity contribution in [2.45, 2.75) is 33.1 Å². The molecule has 1 N–H and O–H groups in total. The number of carbonyl (C=O) groups excluding carboxylic acids is 2. The van der Waals surface area contributed by atoms with Gasteiger partial charge in [-0.2, -0.15) is 0 Å². The van der Waals surface area contributed by atoms with Crippen molar-refractivity contribution in [2.75, 3.05) is 26.2 Å². The van der Waals surface area contributed by atoms with Crippen LogP contribution in [0.3, 0.4) is 0 Å². The molecule has 1 spiro atoms. The van der Waals surface area contributed by atoms with Gasteiger partial charge in [0.05, 0.1) is 5.41 Å². The van der Waals surface area contributed by atoms with Gasteiger partial charge in [0.1, 0.15) is 0 Å². The van der Waals surface area contributed by atoms with Crippen molar-refractivity contribution in [3.8, 4) is 0 Å². The number of hydrogen-bond acceptors (Lipinski definition) is 3. The first-order chi connectivity index (χ1) is 10.9. The third-order valence-corrected chi connectivity index (χ3v) is 4.96. The average Bonchev–Trinajstić information content (AvgIpc) is 3.06. The molecule has 0 saturated carbocycles. The summed E-state index contributed by atoms with van der Waals surface area (Å²) < 4.78 is 0. The number of likely N-dealkylation sites (tertiary alicyclic amines) is 2. The largest absolute Gasteiger partial charge is 0.342 e. The van der Waals surface area contributed by atoms with Gasteiger partial charge in [0, 0.05) is 43.5 Å². The minimum Gasteiger partial charge on any atom is -0.342 e. The summed E-state index contributed by atoms with van der Waals surface area (Å²) in [5.41, 5.74) is 0.398. The van der Waals surface area contributed by atoms with Crippen LogP contribution in [0.15, 0.2) is 16.9 Å². The van der Waals surface area contributed by atoms with Gasteiger partial charge in [-0.3, -0.25) is 14.4 Å². The molecule has 1 atom stereocenters. The fourth-order valence-electron chi connectivity index (χ4n) is 3.79. The first-order valence-electron chi connectivity index (χ1n) is 8.25. The zero-order valence-corrected chi connectivity index (χ0v) is 13.7. The second-order valence-corrected chi connectivity index (χ2v) is 6.72. The number of nitrogens with one attached hydrogen (secondary N) is 1. The van der Waals surface area contributed by atoms with Crippen molar-refractivity contribution in [3.63, 3.8) is 0 Å². The van der Waals surface area contributed by atoms with E-state index in [1.165, 1.54) is 6.07 Å². The molecule has 3 rings (SSSR count). The van der Waals surface area contributed by atoms with E-state index in [2.05, 4.69) is 11.9 Å². The second kappa shape index (κ2) is 5.83. The van der Waals surface area contributed by atoms with E-state index in [9.17, 15) is 14.4 Å². The Morgan fingerprint density at radius 1 is 1.26 bits per heavy atom. The van der Waals surface area contributed by atoms with Crippen molar-refractivity contribution in [3.05, 3.63) is 33.7 Å². The molecular weight excluding hydrogens is 294 g/mol. The lowest BCUT2D eigenvalue weighted by atomic mass is 9.85. The van der Waals surface area contributed by atoms with Crippen LogP contribution in [0, 0.1) is 12.3 Å². The molecule has 2 fully saturated rings. The lowest BCUT2D eigenvalue weighted by Gasteiger charge is -2.23. The zero-order valence-electron chi connectivity index (χ0n) is 13.7. The lowest BCUT2D eigenvalue weighted by molar-refractivity contribution is -0.135. The van der Waals surface area contributed by atoms with Crippen molar-refractivity contribution in [1.82, 2.24) is 14.8 Å². The van der Waals surface area contributed by atoms with Gasteiger partial charge in [-0.15, -0.1) is 0 Å². The van der Waals surface area contributed by atoms with E-state index in [0.717, 1.165) is 32.4 Å². The van der Waals surface area contributed by atoms with Crippen molar-refractivity contribution in [2.24, 2.45) is 5.41 Å². The zero-order chi connectivity index (χ0) is 16.6. The molecule has 2 aliphatic rings. The summed E-state index contributed by atoms with van der Waals surface area (Å²) in [5.74, 6) is 0.0366. The molecule has 0 radical (unpaired) electrons. The summed E-state index contributed by atoms with van der Waals surface area (Å²) in [6.45, 7) is 6.46. The Balaban J connectivity index is 1.76. The minimum atomic E-state index is -0.402. The highest BCUT2D eigenvalue weighted by atomic mass is 16.2. The van der Waals surface area contributed by atoms with Gasteiger partial charge in [-0.05, 0) is 32.3 Å². The van der Waals surface area contributed by atoms with Gasteiger partial charge >= 0.3 is 0 Å². The number of aryl methyl sites for hydroxylation is 1. The van der Waals surface area contributed by atoms with Crippen molar-refractivity contribution in [1.29, 1.82) is 0 Å². The van der Waals surface area contributed by atoms with Crippen LogP contribution in [0.1, 0.15) is 42.2 Å². The first-order valence-corrected chi connectivity index (χ1v) is 8.25. The second-order valence-electron chi connectivity index (χ2n) is 6.72. The highest BCUT2D eigenvalue weighted by Gasteiger charge is 2.51. The third kappa shape index (κ3) is 2.78. The van der Waals surface area contributed by atoms with Crippen LogP contribution < -0.4 is 5.56 Å². The highest BCUT2D eigenvalue weighted by molar-refractivity contribution is 5.95. The van der Waals surface area contributed by atoms with Gasteiger partial charge in [-0.25, -0.2) is 0 Å². The number of nitrogens with zero attached hydrogens (tertiary/aromatic N) is 2. The monoisotopic (exact) mass is 317 g/mol. The number of hydrogen-bond donors (Lipinski definition) is 1. The molecule has 0 aliphatic carbocycles. The van der Waals surface area contributed by atoms with Crippen molar-refractivity contribution >= 4 is 11.8 Å². The highest BCUT2D eigenvalue weighted by Crippen LogP contribution is 2.41. The van der Waals surface area contributed by atoms with Gasteiger partial charge in [-0.1, -0.05) is 6.92 Å². The molecule has 1 unspecified atom stereocenters. The van der Waals surface area contributed by atoms with Crippen LogP contribution in [-0.2, 0) is 4.79 Å². The summed E-state index contributed by atoms with van der Waals surface area (Å²) in [5, 5.41) is 0. The van der Waals surface area contributed by atoms with Gasteiger partial charge in [0.2, 0.25) is 11.5 Å². The molecule has 1 aromatic heterocycles. The molecule has 124 valence electrons. The molecule has 2 saturated heterocycles. The molecule has 2 amide bonds. The maximum atomic E-state index is 12.7. The Morgan fingerprint density at radius 3 is 2.70 bits per heavy atom. The van der Waals surface area contributed by atoms with E-state index in [0.29, 0.717) is 24.3 Å². The fourth-order valence-corrected chi connectivity index (χ4v) is 3.79. The van der Waals surface area contributed by atoms with E-state index >= 15 is 0 Å². The molecule has 0 aromatic carbocycles. The predicted octanol–water partition coefficient (Wildman–Crippen LogP) is 1.16. The molecule has 23 heavy (non-hydrogen) atoms. The van der Waals surface area contributed by atoms with E-state index in [1.807, 2.05) is 4.90 Å². The number of pyridine rings is 1. The van der Waals surface area contributed by atoms with Crippen LogP contribution in [0.4, 0.5) is 0 Å². The molecule has 3 heterocycles. The summed E-state index contributed by atoms with van der Waals surface area (Å²) in [6, 6.07) is 3.02. The molecule has 0 bridgehead atoms. The lowest BCUT2D eigenvalue weighted by Crippen LogP contribution is -2.38. The summed E-state index contributed by atoms with van der Waals surface area (Å²) in [4.78, 5) is 43.2. The third-order valence-electron chi connectivity index (χ3n) is 4.96. The Morgan fingerprint density at radius 2 is 2.00 bits per heavy atom. The number of amides is 2. The quantitative estimate of drug-likeness (QED) is 0.909. The number of rotatable bonds is 3. The van der Waals surface area contributed by atoms with Crippen LogP contribution in [0.25, 0.3) is 0 Å². The van der Waals surface area contributed by atoms with Crippen LogP contribution >= 0.6 is 0 Å². The number of aromatic amines is 1. The van der Waals surface area contributed by atoms with E-state index in [-0.39, 0.29) is 17.4 Å². The van der Waals surface area contributed by atoms with E-state index in [1.54, 1.807) is 17.9 Å². The Kier molecular flexibility index (Phi) is 4.00. The van der Waals surface area contributed by atoms with Crippen molar-refractivity contribution < 1.29 is 9.59 Å². The molecule has 6 heteroatoms. The standard InChI is InChI=1S/C17H23N3O3/c1-3-6-19-7-4-17(16(19)23)5-8-20(11-17)15(22)13-9-12(2)18-14(21)10-13/h9-10H,3-8,11H2,1-2H3,(H,18,21). The van der Waals surface area contributed by atoms with Gasteiger partial charge in [0.15, 0.2) is 0 Å². The minimum absolute atomic E-state index is 0.155. The maximum absolute atomic E-state index is 12.7. The summed E-state index contributed by atoms with van der Waals surface area (Å²) in [6.07, 6.45) is 2.50. The smallest absolute Gasteiger partial charge is 0.254 e. The molecule has 2 aliphatic heterocycles. The van der Waals surface area contributed by atoms with E-state index in [4.69, 9.17) is 0 Å². The van der Waals surface area contributed by atoms with E-state index < -0.39 is 5.41 Å². The van der Waals surface area contributed by atoms with Crippen LogP contribution in [0.2, 0.25) is 0 Å². The van der Waals surface area contributed by atoms with Crippen LogP contribution in [0.5, 0.6) is 0 Å². The first kappa shape index (κ1) is 15.8. The molecule has 6 nitrogen and oxygen atoms in total. The Labute approximate surface area is 135 Å². The Bertz CT molecular complexity index is 697. The summed E-state index contributed by atoms with van der Waals surface area (Å²) >= 11 is 0. The number of H-pyrrole nitrogens is 1. The predicted molar refractivity (Wildman–Crippen MR) is 86.2 cm³/mol. The molecule has 1 aromatic rings. The molecular formula is C17H23N3O3. The maximum Gasteiger partial charge on any atom is 0.254 e. The van der Waals surface area contributed by atoms with Gasteiger partial charge in [0.25, 0.3) is 5.91 Å². The van der Waals surface area contributed by atoms with Crippen LogP contribution in [-0.4, -0.2) is 52.8 Å². The SMILES string of the molecule is CCCN1CCC2(CCN(C(=O)c3cc(C)[nH]c(=O)c3)C2)C1=O. The normalized spacial score (nSPS) is 24.0. The fraction of sp³-hybridized carbons (Fsp3) is 0.588. The Hall–Kier alpha value is -2.11. The number of aromatic nitrogens is 1. The topological polar surface area (TPSA) is 73.5 Å².